The van der Waals surface area contributed by atoms with Crippen LogP contribution in [0.1, 0.15) is 58.3 Å². The maximum absolute atomic E-state index is 13.2. The number of likely N-dealkylation sites (tertiary alicyclic amines) is 1. The van der Waals surface area contributed by atoms with Gasteiger partial charge in [0.15, 0.2) is 0 Å². The van der Waals surface area contributed by atoms with Gasteiger partial charge in [0.1, 0.15) is 11.6 Å². The maximum atomic E-state index is 13.2. The largest absolute Gasteiger partial charge is 0.451 e. The van der Waals surface area contributed by atoms with Crippen molar-refractivity contribution < 1.29 is 39.5 Å². The first-order chi connectivity index (χ1) is 16.7. The molecule has 11 nitrogen and oxygen atoms in total. The molecule has 4 fully saturated rings. The fraction of sp³-hybridized carbons (Fsp3) is 0.909. The number of likely N-dealkylation sites (N-methyl/N-ethyl adjacent to an activating group) is 1. The third-order valence-electron chi connectivity index (χ3n) is 9.00. The highest BCUT2D eigenvalue weighted by atomic mass is 17.2. The minimum Gasteiger partial charge on any atom is -0.427 e. The van der Waals surface area contributed by atoms with E-state index in [0.717, 1.165) is 32.4 Å². The van der Waals surface area contributed by atoms with E-state index in [1.807, 2.05) is 0 Å². The quantitative estimate of drug-likeness (QED) is 0.119. The molecule has 0 amide bonds. The molecular formula is C22H39B2N3O8. The van der Waals surface area contributed by atoms with Crippen LogP contribution in [0.3, 0.4) is 0 Å². The number of hydrogen-bond donors (Lipinski definition) is 6. The van der Waals surface area contributed by atoms with E-state index >= 15 is 0 Å². The Morgan fingerprint density at radius 3 is 2.51 bits per heavy atom. The summed E-state index contributed by atoms with van der Waals surface area (Å²) in [5.74, 6) is -1.22. The SMILES string of the molecule is CCN1CC[C@]2(CCCB(O)O)C(C(=O)OOC(=O)[C@@]34CC[C@H](C[C@H]3CCCB(O)O)N4)NC[C@H]12. The Morgan fingerprint density at radius 2 is 1.83 bits per heavy atom. The Hall–Kier alpha value is -1.21. The average molecular weight is 495 g/mol. The minimum absolute atomic E-state index is 0.00983. The van der Waals surface area contributed by atoms with Crippen LogP contribution < -0.4 is 10.6 Å². The van der Waals surface area contributed by atoms with E-state index in [4.69, 9.17) is 19.8 Å². The third-order valence-corrected chi connectivity index (χ3v) is 9.00. The van der Waals surface area contributed by atoms with E-state index in [1.54, 1.807) is 0 Å². The Bertz CT molecular complexity index is 777. The molecule has 4 rings (SSSR count). The second kappa shape index (κ2) is 11.0. The normalized spacial score (nSPS) is 35.8. The molecule has 35 heavy (non-hydrogen) atoms. The second-order valence-corrected chi connectivity index (χ2v) is 10.8. The summed E-state index contributed by atoms with van der Waals surface area (Å²) in [6, 6.07) is -0.295. The molecule has 6 atom stereocenters. The average Bonchev–Trinajstić information content (AvgIpc) is 3.56. The summed E-state index contributed by atoms with van der Waals surface area (Å²) in [4.78, 5) is 39.0. The molecule has 4 aliphatic rings. The molecule has 0 saturated carbocycles. The molecule has 0 aromatic heterocycles. The van der Waals surface area contributed by atoms with Crippen LogP contribution in [0.4, 0.5) is 0 Å². The minimum atomic E-state index is -1.38. The molecule has 4 heterocycles. The molecule has 0 aromatic rings. The summed E-state index contributed by atoms with van der Waals surface area (Å²) in [5, 5.41) is 43.5. The summed E-state index contributed by atoms with van der Waals surface area (Å²) in [6.07, 6.45) is 5.96. The van der Waals surface area contributed by atoms with Crippen LogP contribution in [-0.2, 0) is 19.4 Å². The van der Waals surface area contributed by atoms with Crippen molar-refractivity contribution in [1.29, 1.82) is 0 Å². The number of rotatable bonds is 11. The number of carbonyl (C=O) groups excluding carboxylic acids is 2. The van der Waals surface area contributed by atoms with Gasteiger partial charge in [-0.1, -0.05) is 19.8 Å². The molecule has 0 spiro atoms. The van der Waals surface area contributed by atoms with Crippen LogP contribution in [-0.4, -0.2) is 94.5 Å². The van der Waals surface area contributed by atoms with Gasteiger partial charge in [0.05, 0.1) is 0 Å². The van der Waals surface area contributed by atoms with Crippen LogP contribution in [0.25, 0.3) is 0 Å². The van der Waals surface area contributed by atoms with E-state index in [2.05, 4.69) is 22.5 Å². The number of nitrogens with zero attached hydrogens (tertiary/aromatic N) is 1. The van der Waals surface area contributed by atoms with E-state index in [1.165, 1.54) is 0 Å². The van der Waals surface area contributed by atoms with Gasteiger partial charge in [0.2, 0.25) is 0 Å². The zero-order valence-electron chi connectivity index (χ0n) is 20.5. The van der Waals surface area contributed by atoms with Crippen molar-refractivity contribution in [2.75, 3.05) is 19.6 Å². The first-order valence-electron chi connectivity index (χ1n) is 13.1. The van der Waals surface area contributed by atoms with E-state index in [-0.39, 0.29) is 30.6 Å². The van der Waals surface area contributed by atoms with Crippen molar-refractivity contribution in [1.82, 2.24) is 15.5 Å². The van der Waals surface area contributed by atoms with Gasteiger partial charge in [-0.2, -0.15) is 0 Å². The van der Waals surface area contributed by atoms with Crippen LogP contribution in [0.5, 0.6) is 0 Å². The van der Waals surface area contributed by atoms with Crippen molar-refractivity contribution in [3.8, 4) is 0 Å². The van der Waals surface area contributed by atoms with Gasteiger partial charge < -0.3 is 25.4 Å². The highest BCUT2D eigenvalue weighted by Crippen LogP contribution is 2.48. The zero-order valence-corrected chi connectivity index (χ0v) is 20.5. The Kier molecular flexibility index (Phi) is 8.47. The van der Waals surface area contributed by atoms with Crippen molar-refractivity contribution in [2.24, 2.45) is 11.3 Å². The number of fused-ring (bicyclic) bond motifs is 3. The molecule has 13 heteroatoms. The molecule has 0 aromatic carbocycles. The lowest BCUT2D eigenvalue weighted by atomic mass is 9.70. The number of hydrogen-bond acceptors (Lipinski definition) is 11. The molecule has 196 valence electrons. The predicted octanol–water partition coefficient (Wildman–Crippen LogP) is -0.943. The molecule has 0 aliphatic carbocycles. The number of carbonyl (C=O) groups is 2. The lowest BCUT2D eigenvalue weighted by Crippen LogP contribution is -2.52. The third kappa shape index (κ3) is 5.27. The first-order valence-corrected chi connectivity index (χ1v) is 13.1. The van der Waals surface area contributed by atoms with Gasteiger partial charge in [-0.15, -0.1) is 0 Å². The molecule has 6 N–H and O–H groups in total. The van der Waals surface area contributed by atoms with Crippen molar-refractivity contribution >= 4 is 26.2 Å². The van der Waals surface area contributed by atoms with Gasteiger partial charge in [0, 0.05) is 24.0 Å². The summed E-state index contributed by atoms with van der Waals surface area (Å²) in [6.45, 7) is 4.42. The summed E-state index contributed by atoms with van der Waals surface area (Å²) >= 11 is 0. The van der Waals surface area contributed by atoms with Crippen molar-refractivity contribution in [2.45, 2.75) is 94.6 Å². The molecule has 2 bridgehead atoms. The fourth-order valence-corrected chi connectivity index (χ4v) is 7.28. The van der Waals surface area contributed by atoms with Crippen LogP contribution in [0.2, 0.25) is 12.6 Å². The standard InChI is InChI=1S/C22H39B2N3O8/c1-2-27-12-9-21(7-4-11-24(32)33)17(27)14-25-18(21)19(28)34-35-20(29)22-8-6-16(26-22)13-15(22)5-3-10-23(30)31/h15-18,25-26,30-33H,2-14H2,1H3/t15-,16-,17+,18?,21+,22-/m1/s1. The molecular weight excluding hydrogens is 456 g/mol. The molecule has 4 saturated heterocycles. The van der Waals surface area contributed by atoms with E-state index < -0.39 is 43.2 Å². The van der Waals surface area contributed by atoms with Crippen LogP contribution in [0, 0.1) is 11.3 Å². The first kappa shape index (κ1) is 26.8. The van der Waals surface area contributed by atoms with Crippen molar-refractivity contribution in [3.05, 3.63) is 0 Å². The molecule has 0 radical (unpaired) electrons. The number of nitrogens with one attached hydrogen (secondary N) is 2. The summed E-state index contributed by atoms with van der Waals surface area (Å²) < 4.78 is 0. The van der Waals surface area contributed by atoms with Crippen LogP contribution >= 0.6 is 0 Å². The highest BCUT2D eigenvalue weighted by Gasteiger charge is 2.60. The van der Waals surface area contributed by atoms with Gasteiger partial charge >= 0.3 is 26.2 Å². The molecule has 1 unspecified atom stereocenters. The maximum Gasteiger partial charge on any atom is 0.451 e. The Labute approximate surface area is 207 Å². The van der Waals surface area contributed by atoms with Gasteiger partial charge in [-0.3, -0.25) is 10.2 Å². The molecule has 4 aliphatic heterocycles. The smallest absolute Gasteiger partial charge is 0.427 e. The Morgan fingerprint density at radius 1 is 1.09 bits per heavy atom. The summed E-state index contributed by atoms with van der Waals surface area (Å²) in [7, 11) is -2.74. The van der Waals surface area contributed by atoms with E-state index in [9.17, 15) is 19.6 Å². The fourth-order valence-electron chi connectivity index (χ4n) is 7.28. The lowest BCUT2D eigenvalue weighted by Gasteiger charge is -2.35. The second-order valence-electron chi connectivity index (χ2n) is 10.8. The predicted molar refractivity (Wildman–Crippen MR) is 128 cm³/mol. The summed E-state index contributed by atoms with van der Waals surface area (Å²) in [5.41, 5.74) is -1.32. The van der Waals surface area contributed by atoms with E-state index in [0.29, 0.717) is 38.6 Å². The zero-order chi connectivity index (χ0) is 25.2. The van der Waals surface area contributed by atoms with Gasteiger partial charge in [-0.25, -0.2) is 19.4 Å². The van der Waals surface area contributed by atoms with Gasteiger partial charge in [-0.05, 0) is 70.2 Å². The van der Waals surface area contributed by atoms with Gasteiger partial charge in [0.25, 0.3) is 0 Å². The highest BCUT2D eigenvalue weighted by molar-refractivity contribution is 6.41. The topological polar surface area (TPSA) is 161 Å². The monoisotopic (exact) mass is 495 g/mol. The van der Waals surface area contributed by atoms with Crippen molar-refractivity contribution in [3.63, 3.8) is 0 Å². The van der Waals surface area contributed by atoms with Crippen LogP contribution in [0.15, 0.2) is 0 Å². The lowest BCUT2D eigenvalue weighted by molar-refractivity contribution is -0.267. The Balaban J connectivity index is 1.38.